The Hall–Kier alpha value is -3.72. The van der Waals surface area contributed by atoms with Crippen molar-refractivity contribution in [1.29, 1.82) is 0 Å². The number of esters is 1. The molecule has 0 fully saturated rings. The maximum atomic E-state index is 13.4. The number of hydrogen-bond acceptors (Lipinski definition) is 5. The van der Waals surface area contributed by atoms with E-state index in [0.717, 1.165) is 5.56 Å². The summed E-state index contributed by atoms with van der Waals surface area (Å²) < 4.78 is 46.1. The molecule has 1 amide bonds. The fourth-order valence-electron chi connectivity index (χ4n) is 3.87. The molecule has 0 saturated carbocycles. The van der Waals surface area contributed by atoms with E-state index in [2.05, 4.69) is 5.32 Å². The van der Waals surface area contributed by atoms with Crippen molar-refractivity contribution in [3.8, 4) is 0 Å². The summed E-state index contributed by atoms with van der Waals surface area (Å²) in [6, 6.07) is 18.3. The molecule has 1 atom stereocenters. The average molecular weight is 483 g/mol. The lowest BCUT2D eigenvalue weighted by atomic mass is 10.1. The maximum absolute atomic E-state index is 13.4. The fraction of sp³-hybridized carbons (Fsp3) is 0.200. The van der Waals surface area contributed by atoms with Gasteiger partial charge in [-0.2, -0.15) is 0 Å². The minimum Gasteiger partial charge on any atom is -0.452 e. The number of carbonyl (C=O) groups excluding carboxylic acids is 2. The zero-order valence-corrected chi connectivity index (χ0v) is 19.2. The Labute approximate surface area is 197 Å². The van der Waals surface area contributed by atoms with Crippen molar-refractivity contribution in [2.45, 2.75) is 30.8 Å². The molecule has 1 aliphatic heterocycles. The first-order valence-corrected chi connectivity index (χ1v) is 12.1. The van der Waals surface area contributed by atoms with Gasteiger partial charge in [0.25, 0.3) is 15.9 Å². The molecule has 0 spiro atoms. The van der Waals surface area contributed by atoms with Gasteiger partial charge in [0, 0.05) is 12.6 Å². The Balaban J connectivity index is 1.41. The van der Waals surface area contributed by atoms with Crippen molar-refractivity contribution in [2.75, 3.05) is 10.9 Å². The van der Waals surface area contributed by atoms with Gasteiger partial charge in [0.2, 0.25) is 0 Å². The summed E-state index contributed by atoms with van der Waals surface area (Å²) in [7, 11) is -3.91. The number of benzene rings is 3. The van der Waals surface area contributed by atoms with Gasteiger partial charge < -0.3 is 10.1 Å². The van der Waals surface area contributed by atoms with E-state index in [9.17, 15) is 22.4 Å². The van der Waals surface area contributed by atoms with E-state index in [1.54, 1.807) is 12.1 Å². The lowest BCUT2D eigenvalue weighted by molar-refractivity contribution is -0.124. The lowest BCUT2D eigenvalue weighted by Gasteiger charge is -2.24. The Kier molecular flexibility index (Phi) is 6.65. The maximum Gasteiger partial charge on any atom is 0.338 e. The first kappa shape index (κ1) is 23.4. The van der Waals surface area contributed by atoms with Crippen molar-refractivity contribution in [3.63, 3.8) is 0 Å². The van der Waals surface area contributed by atoms with Crippen LogP contribution in [-0.4, -0.2) is 32.9 Å². The zero-order chi connectivity index (χ0) is 24.3. The molecule has 0 aromatic heterocycles. The van der Waals surface area contributed by atoms with E-state index < -0.39 is 28.5 Å². The number of carbonyl (C=O) groups is 2. The molecule has 176 valence electrons. The molecule has 9 heteroatoms. The van der Waals surface area contributed by atoms with Crippen molar-refractivity contribution < 1.29 is 27.1 Å². The number of fused-ring (bicyclic) bond motifs is 1. The molecule has 34 heavy (non-hydrogen) atoms. The fourth-order valence-corrected chi connectivity index (χ4v) is 5.61. The summed E-state index contributed by atoms with van der Waals surface area (Å²) in [6.07, 6.45) is 0.601. The second-order valence-corrected chi connectivity index (χ2v) is 9.80. The van der Waals surface area contributed by atoms with Gasteiger partial charge in [-0.05, 0) is 60.9 Å². The van der Waals surface area contributed by atoms with Gasteiger partial charge in [0.1, 0.15) is 5.82 Å². The number of rotatable bonds is 7. The van der Waals surface area contributed by atoms with Crippen molar-refractivity contribution in [3.05, 3.63) is 95.3 Å². The minimum absolute atomic E-state index is 0.0209. The zero-order valence-electron chi connectivity index (χ0n) is 18.4. The number of hydrogen-bond donors (Lipinski definition) is 1. The number of para-hydroxylation sites is 1. The molecule has 0 bridgehead atoms. The molecule has 0 unspecified atom stereocenters. The van der Waals surface area contributed by atoms with Crippen LogP contribution in [0.3, 0.4) is 0 Å². The van der Waals surface area contributed by atoms with Crippen molar-refractivity contribution in [1.82, 2.24) is 5.32 Å². The van der Waals surface area contributed by atoms with E-state index in [1.807, 2.05) is 19.1 Å². The molecular formula is C25H23FN2O5S. The number of sulfonamides is 1. The smallest absolute Gasteiger partial charge is 0.338 e. The normalized spacial score (nSPS) is 15.0. The van der Waals surface area contributed by atoms with Crippen LogP contribution in [-0.2, 0) is 32.5 Å². The molecule has 1 N–H and O–H groups in total. The number of ether oxygens (including phenoxy) is 1. The highest BCUT2D eigenvalue weighted by Crippen LogP contribution is 2.36. The second-order valence-electron chi connectivity index (χ2n) is 7.99. The number of halogens is 1. The van der Waals surface area contributed by atoms with E-state index in [1.165, 1.54) is 52.8 Å². The largest absolute Gasteiger partial charge is 0.452 e. The molecule has 1 heterocycles. The molecular weight excluding hydrogens is 459 g/mol. The van der Waals surface area contributed by atoms with Gasteiger partial charge in [-0.25, -0.2) is 17.6 Å². The molecule has 7 nitrogen and oxygen atoms in total. The number of nitrogens with zero attached hydrogens (tertiary/aromatic N) is 1. The molecule has 1 aliphatic rings. The van der Waals surface area contributed by atoms with E-state index in [0.29, 0.717) is 17.7 Å². The summed E-state index contributed by atoms with van der Waals surface area (Å²) in [6.45, 7) is 1.45. The summed E-state index contributed by atoms with van der Waals surface area (Å²) in [5.41, 5.74) is 2.28. The van der Waals surface area contributed by atoms with E-state index in [4.69, 9.17) is 4.74 Å². The third-order valence-corrected chi connectivity index (χ3v) is 7.43. The molecule has 4 rings (SSSR count). The Bertz CT molecular complexity index is 1330. The highest BCUT2D eigenvalue weighted by atomic mass is 32.2. The topological polar surface area (TPSA) is 92.8 Å². The van der Waals surface area contributed by atoms with Gasteiger partial charge >= 0.3 is 5.97 Å². The van der Waals surface area contributed by atoms with Crippen LogP contribution in [0.25, 0.3) is 0 Å². The summed E-state index contributed by atoms with van der Waals surface area (Å²) in [5, 5.41) is 2.57. The monoisotopic (exact) mass is 482 g/mol. The predicted octanol–water partition coefficient (Wildman–Crippen LogP) is 3.44. The van der Waals surface area contributed by atoms with E-state index >= 15 is 0 Å². The molecule has 0 radical (unpaired) electrons. The van der Waals surface area contributed by atoms with E-state index in [-0.39, 0.29) is 28.9 Å². The first-order chi connectivity index (χ1) is 16.3. The summed E-state index contributed by atoms with van der Waals surface area (Å²) in [4.78, 5) is 24.4. The molecule has 0 aliphatic carbocycles. The third kappa shape index (κ3) is 4.94. The molecule has 0 saturated heterocycles. The van der Waals surface area contributed by atoms with Crippen LogP contribution in [0.5, 0.6) is 0 Å². The SMILES string of the molecule is C[C@@H]1Cc2ccccc2N1S(=O)(=O)c1cccc(C(=O)OCC(=O)NCc2ccc(F)cc2)c1. The Morgan fingerprint density at radius 3 is 2.56 bits per heavy atom. The van der Waals surface area contributed by atoms with Crippen LogP contribution in [0, 0.1) is 5.82 Å². The average Bonchev–Trinajstić information content (AvgIpc) is 3.18. The Morgan fingerprint density at radius 2 is 1.79 bits per heavy atom. The summed E-state index contributed by atoms with van der Waals surface area (Å²) >= 11 is 0. The number of anilines is 1. The minimum atomic E-state index is -3.91. The summed E-state index contributed by atoms with van der Waals surface area (Å²) in [5.74, 6) is -1.73. The standard InChI is InChI=1S/C25H23FN2O5S/c1-17-13-19-5-2-3-8-23(19)28(17)34(31,32)22-7-4-6-20(14-22)25(30)33-16-24(29)27-15-18-9-11-21(26)12-10-18/h2-12,14,17H,13,15-16H2,1H3,(H,27,29)/t17-/m1/s1. The van der Waals surface area contributed by atoms with Gasteiger partial charge in [0.05, 0.1) is 16.1 Å². The van der Waals surface area contributed by atoms with Crippen LogP contribution >= 0.6 is 0 Å². The molecule has 3 aromatic carbocycles. The van der Waals surface area contributed by atoms with Gasteiger partial charge in [-0.3, -0.25) is 9.10 Å². The predicted molar refractivity (Wildman–Crippen MR) is 124 cm³/mol. The van der Waals surface area contributed by atoms with Crippen LogP contribution in [0.2, 0.25) is 0 Å². The van der Waals surface area contributed by atoms with Crippen molar-refractivity contribution >= 4 is 27.6 Å². The van der Waals surface area contributed by atoms with Crippen LogP contribution in [0.15, 0.2) is 77.7 Å². The number of amides is 1. The second kappa shape index (κ2) is 9.64. The van der Waals surface area contributed by atoms with Crippen molar-refractivity contribution in [2.24, 2.45) is 0 Å². The van der Waals surface area contributed by atoms with Crippen LogP contribution < -0.4 is 9.62 Å². The quantitative estimate of drug-likeness (QED) is 0.521. The van der Waals surface area contributed by atoms with Gasteiger partial charge in [-0.15, -0.1) is 0 Å². The van der Waals surface area contributed by atoms with Crippen LogP contribution in [0.4, 0.5) is 10.1 Å². The highest BCUT2D eigenvalue weighted by molar-refractivity contribution is 7.92. The van der Waals surface area contributed by atoms with Crippen LogP contribution in [0.1, 0.15) is 28.4 Å². The number of nitrogens with one attached hydrogen (secondary N) is 1. The third-order valence-electron chi connectivity index (χ3n) is 5.51. The molecule has 3 aromatic rings. The lowest BCUT2D eigenvalue weighted by Crippen LogP contribution is -2.35. The van der Waals surface area contributed by atoms with Gasteiger partial charge in [0.15, 0.2) is 6.61 Å². The highest BCUT2D eigenvalue weighted by Gasteiger charge is 2.36. The Morgan fingerprint density at radius 1 is 1.06 bits per heavy atom. The van der Waals surface area contributed by atoms with Gasteiger partial charge in [-0.1, -0.05) is 36.4 Å². The first-order valence-electron chi connectivity index (χ1n) is 10.7.